The molecule has 33 heavy (non-hydrogen) atoms. The van der Waals surface area contributed by atoms with E-state index in [4.69, 9.17) is 12.2 Å². The molecule has 1 aliphatic heterocycles. The minimum Gasteiger partial charge on any atom is -0.339 e. The maximum Gasteiger partial charge on any atom is 0.253 e. The molecule has 3 aromatic rings. The number of allylic oxidation sites excluding steroid dienone is 1. The molecule has 11 heteroatoms. The zero-order chi connectivity index (χ0) is 23.5. The van der Waals surface area contributed by atoms with Gasteiger partial charge in [0.25, 0.3) is 5.91 Å². The number of halogens is 1. The molecule has 0 radical (unpaired) electrons. The van der Waals surface area contributed by atoms with Crippen molar-refractivity contribution in [3.8, 4) is 10.7 Å². The minimum atomic E-state index is -0.380. The van der Waals surface area contributed by atoms with Crippen molar-refractivity contribution in [3.05, 3.63) is 58.8 Å². The van der Waals surface area contributed by atoms with Gasteiger partial charge in [0.1, 0.15) is 5.82 Å². The first-order valence-electron chi connectivity index (χ1n) is 10.5. The number of thiazole rings is 1. The van der Waals surface area contributed by atoms with E-state index in [-0.39, 0.29) is 23.5 Å². The summed E-state index contributed by atoms with van der Waals surface area (Å²) in [5.74, 6) is -0.209. The lowest BCUT2D eigenvalue weighted by molar-refractivity contribution is -0.121. The lowest BCUT2D eigenvalue weighted by atomic mass is 9.95. The standard InChI is InChI=1S/C22H23FN6O2S2/c1-3-10-29-18(26-27-22(29)32)17-13(2)24-21(33-17)25-19(30)14-8-11-28(12-9-14)20(31)15-4-6-16(23)7-5-15/h3-7,14H,1,8-12H2,2H3,(H,27,32)(H,24,25,30). The zero-order valence-corrected chi connectivity index (χ0v) is 19.6. The highest BCUT2D eigenvalue weighted by Gasteiger charge is 2.28. The molecule has 1 fully saturated rings. The van der Waals surface area contributed by atoms with E-state index in [0.717, 1.165) is 10.6 Å². The second-order valence-corrected chi connectivity index (χ2v) is 9.13. The van der Waals surface area contributed by atoms with Gasteiger partial charge in [0, 0.05) is 31.1 Å². The summed E-state index contributed by atoms with van der Waals surface area (Å²) in [6, 6.07) is 5.50. The van der Waals surface area contributed by atoms with Crippen LogP contribution in [-0.4, -0.2) is 49.6 Å². The van der Waals surface area contributed by atoms with Crippen molar-refractivity contribution < 1.29 is 14.0 Å². The van der Waals surface area contributed by atoms with E-state index in [1.54, 1.807) is 11.0 Å². The third-order valence-corrected chi connectivity index (χ3v) is 6.92. The monoisotopic (exact) mass is 486 g/mol. The quantitative estimate of drug-likeness (QED) is 0.402. The summed E-state index contributed by atoms with van der Waals surface area (Å²) in [5, 5.41) is 10.5. The number of likely N-dealkylation sites (tertiary alicyclic amines) is 1. The Morgan fingerprint density at radius 3 is 2.70 bits per heavy atom. The van der Waals surface area contributed by atoms with Crippen LogP contribution in [0.5, 0.6) is 0 Å². The number of H-pyrrole nitrogens is 1. The van der Waals surface area contributed by atoms with Crippen LogP contribution in [0.1, 0.15) is 28.9 Å². The molecule has 0 atom stereocenters. The first-order valence-corrected chi connectivity index (χ1v) is 11.7. The number of aryl methyl sites for hydroxylation is 1. The average molecular weight is 487 g/mol. The van der Waals surface area contributed by atoms with Crippen molar-refractivity contribution in [1.82, 2.24) is 24.6 Å². The van der Waals surface area contributed by atoms with E-state index in [0.29, 0.717) is 53.8 Å². The molecule has 1 saturated heterocycles. The van der Waals surface area contributed by atoms with E-state index >= 15 is 0 Å². The number of nitrogens with one attached hydrogen (secondary N) is 2. The molecule has 0 unspecified atom stereocenters. The first kappa shape index (κ1) is 23.0. The Morgan fingerprint density at radius 1 is 1.33 bits per heavy atom. The van der Waals surface area contributed by atoms with Crippen molar-refractivity contribution in [2.45, 2.75) is 26.3 Å². The van der Waals surface area contributed by atoms with Crippen LogP contribution in [0.3, 0.4) is 0 Å². The topological polar surface area (TPSA) is 95.9 Å². The summed E-state index contributed by atoms with van der Waals surface area (Å²) >= 11 is 6.62. The molecule has 3 heterocycles. The van der Waals surface area contributed by atoms with E-state index in [1.165, 1.54) is 35.6 Å². The summed E-state index contributed by atoms with van der Waals surface area (Å²) in [6.45, 7) is 7.05. The zero-order valence-electron chi connectivity index (χ0n) is 18.0. The number of rotatable bonds is 6. The van der Waals surface area contributed by atoms with Gasteiger partial charge in [0.05, 0.1) is 10.6 Å². The van der Waals surface area contributed by atoms with E-state index in [1.807, 2.05) is 11.5 Å². The molecule has 2 aromatic heterocycles. The van der Waals surface area contributed by atoms with Gasteiger partial charge in [-0.3, -0.25) is 19.3 Å². The highest BCUT2D eigenvalue weighted by molar-refractivity contribution is 7.71. The number of aromatic amines is 1. The third kappa shape index (κ3) is 4.93. The number of benzene rings is 1. The largest absolute Gasteiger partial charge is 0.339 e. The van der Waals surface area contributed by atoms with Crippen molar-refractivity contribution >= 4 is 40.5 Å². The normalized spacial score (nSPS) is 14.3. The molecule has 172 valence electrons. The van der Waals surface area contributed by atoms with Crippen LogP contribution in [0.15, 0.2) is 36.9 Å². The van der Waals surface area contributed by atoms with Crippen LogP contribution in [0.2, 0.25) is 0 Å². The van der Waals surface area contributed by atoms with Gasteiger partial charge >= 0.3 is 0 Å². The van der Waals surface area contributed by atoms with Crippen molar-refractivity contribution in [1.29, 1.82) is 0 Å². The smallest absolute Gasteiger partial charge is 0.253 e. The third-order valence-electron chi connectivity index (χ3n) is 5.54. The fourth-order valence-corrected chi connectivity index (χ4v) is 4.95. The van der Waals surface area contributed by atoms with Crippen LogP contribution < -0.4 is 5.32 Å². The molecule has 1 aromatic carbocycles. The summed E-state index contributed by atoms with van der Waals surface area (Å²) in [7, 11) is 0. The minimum absolute atomic E-state index is 0.117. The second-order valence-electron chi connectivity index (χ2n) is 7.75. The van der Waals surface area contributed by atoms with E-state index in [2.05, 4.69) is 27.1 Å². The number of amides is 2. The van der Waals surface area contributed by atoms with Crippen LogP contribution >= 0.6 is 23.6 Å². The SMILES string of the molecule is C=CCn1c(-c2sc(NC(=O)C3CCN(C(=O)c4ccc(F)cc4)CC3)nc2C)n[nH]c1=S. The van der Waals surface area contributed by atoms with Gasteiger partial charge in [-0.2, -0.15) is 5.10 Å². The Hall–Kier alpha value is -3.18. The predicted octanol–water partition coefficient (Wildman–Crippen LogP) is 4.19. The number of anilines is 1. The fourth-order valence-electron chi connectivity index (χ4n) is 3.77. The van der Waals surface area contributed by atoms with Crippen molar-refractivity contribution in [2.75, 3.05) is 18.4 Å². The first-order chi connectivity index (χ1) is 15.9. The number of hydrogen-bond donors (Lipinski definition) is 2. The maximum absolute atomic E-state index is 13.1. The molecule has 0 bridgehead atoms. The Balaban J connectivity index is 1.38. The molecule has 2 amide bonds. The molecule has 2 N–H and O–H groups in total. The van der Waals surface area contributed by atoms with Crippen molar-refractivity contribution in [2.24, 2.45) is 5.92 Å². The number of aromatic nitrogens is 4. The molecular formula is C22H23FN6O2S2. The number of carbonyl (C=O) groups is 2. The van der Waals surface area contributed by atoms with Gasteiger partial charge in [-0.25, -0.2) is 9.37 Å². The van der Waals surface area contributed by atoms with Crippen molar-refractivity contribution in [3.63, 3.8) is 0 Å². The Kier molecular flexibility index (Phi) is 6.80. The predicted molar refractivity (Wildman–Crippen MR) is 127 cm³/mol. The van der Waals surface area contributed by atoms with Crippen LogP contribution in [0.4, 0.5) is 9.52 Å². The molecule has 0 aliphatic carbocycles. The number of hydrogen-bond acceptors (Lipinski definition) is 6. The Labute approximate surface area is 199 Å². The van der Waals surface area contributed by atoms with Gasteiger partial charge in [0.2, 0.25) is 5.91 Å². The average Bonchev–Trinajstić information content (AvgIpc) is 3.35. The number of nitrogens with zero attached hydrogens (tertiary/aromatic N) is 4. The van der Waals surface area contributed by atoms with Crippen LogP contribution in [0, 0.1) is 23.4 Å². The van der Waals surface area contributed by atoms with Gasteiger partial charge in [0.15, 0.2) is 15.7 Å². The lowest BCUT2D eigenvalue weighted by Crippen LogP contribution is -2.41. The lowest BCUT2D eigenvalue weighted by Gasteiger charge is -2.31. The fraction of sp³-hybridized carbons (Fsp3) is 0.318. The Bertz CT molecular complexity index is 1240. The highest BCUT2D eigenvalue weighted by Crippen LogP contribution is 2.32. The van der Waals surface area contributed by atoms with Crippen LogP contribution in [-0.2, 0) is 11.3 Å². The second kappa shape index (κ2) is 9.75. The number of piperidine rings is 1. The molecule has 8 nitrogen and oxygen atoms in total. The molecule has 1 aliphatic rings. The van der Waals surface area contributed by atoms with Gasteiger partial charge < -0.3 is 10.2 Å². The molecule has 4 rings (SSSR count). The van der Waals surface area contributed by atoms with Gasteiger partial charge in [-0.05, 0) is 56.2 Å². The van der Waals surface area contributed by atoms with E-state index in [9.17, 15) is 14.0 Å². The molecule has 0 saturated carbocycles. The maximum atomic E-state index is 13.1. The molecule has 0 spiro atoms. The van der Waals surface area contributed by atoms with Crippen LogP contribution in [0.25, 0.3) is 10.7 Å². The Morgan fingerprint density at radius 2 is 2.03 bits per heavy atom. The summed E-state index contributed by atoms with van der Waals surface area (Å²) in [6.07, 6.45) is 2.84. The van der Waals surface area contributed by atoms with Gasteiger partial charge in [-0.1, -0.05) is 17.4 Å². The molecular weight excluding hydrogens is 463 g/mol. The van der Waals surface area contributed by atoms with Gasteiger partial charge in [-0.15, -0.1) is 6.58 Å². The summed E-state index contributed by atoms with van der Waals surface area (Å²) in [5.41, 5.74) is 1.19. The summed E-state index contributed by atoms with van der Waals surface area (Å²) < 4.78 is 15.4. The van der Waals surface area contributed by atoms with E-state index < -0.39 is 0 Å². The summed E-state index contributed by atoms with van der Waals surface area (Å²) in [4.78, 5) is 32.4. The number of carbonyl (C=O) groups excluding carboxylic acids is 2. The highest BCUT2D eigenvalue weighted by atomic mass is 32.1.